The molecular weight excluding hydrogens is 240 g/mol. The van der Waals surface area contributed by atoms with Crippen molar-refractivity contribution in [1.29, 1.82) is 0 Å². The maximum Gasteiger partial charge on any atom is 0.205 e. The third-order valence-corrected chi connectivity index (χ3v) is 2.38. The second-order valence-electron chi connectivity index (χ2n) is 4.67. The summed E-state index contributed by atoms with van der Waals surface area (Å²) in [4.78, 5) is 4.33. The van der Waals surface area contributed by atoms with E-state index in [2.05, 4.69) is 29.6 Å². The second-order valence-corrected chi connectivity index (χ2v) is 4.67. The Bertz CT molecular complexity index is 365. The molecule has 0 spiro atoms. The fraction of sp³-hybridized carbons (Fsp3) is 0.500. The molecule has 4 N–H and O–H groups in total. The van der Waals surface area contributed by atoms with Gasteiger partial charge in [-0.05, 0) is 24.5 Å². The molecule has 5 nitrogen and oxygen atoms in total. The van der Waals surface area contributed by atoms with Gasteiger partial charge >= 0.3 is 0 Å². The van der Waals surface area contributed by atoms with Gasteiger partial charge in [-0.1, -0.05) is 32.0 Å². The molecule has 0 amide bonds. The Labute approximate surface area is 115 Å². The van der Waals surface area contributed by atoms with Crippen molar-refractivity contribution in [1.82, 2.24) is 10.7 Å². The van der Waals surface area contributed by atoms with Crippen LogP contribution in [0.4, 0.5) is 0 Å². The highest BCUT2D eigenvalue weighted by Crippen LogP contribution is 2.07. The number of guanidine groups is 1. The van der Waals surface area contributed by atoms with Gasteiger partial charge in [-0.25, -0.2) is 5.84 Å². The van der Waals surface area contributed by atoms with E-state index < -0.39 is 0 Å². The lowest BCUT2D eigenvalue weighted by Gasteiger charge is -2.10. The van der Waals surface area contributed by atoms with Gasteiger partial charge in [0, 0.05) is 13.1 Å². The molecule has 19 heavy (non-hydrogen) atoms. The van der Waals surface area contributed by atoms with Gasteiger partial charge in [-0.2, -0.15) is 0 Å². The Hall–Kier alpha value is -1.75. The Morgan fingerprint density at radius 2 is 2.05 bits per heavy atom. The van der Waals surface area contributed by atoms with E-state index >= 15 is 0 Å². The van der Waals surface area contributed by atoms with Crippen LogP contribution in [0.25, 0.3) is 0 Å². The fourth-order valence-electron chi connectivity index (χ4n) is 1.41. The van der Waals surface area contributed by atoms with E-state index in [4.69, 9.17) is 10.6 Å². The van der Waals surface area contributed by atoms with Gasteiger partial charge < -0.3 is 10.1 Å². The number of nitrogens with two attached hydrogens (primary N) is 1. The highest BCUT2D eigenvalue weighted by Gasteiger charge is 1.97. The van der Waals surface area contributed by atoms with Gasteiger partial charge in [0.05, 0.1) is 6.61 Å². The lowest BCUT2D eigenvalue weighted by molar-refractivity contribution is 0.311. The molecule has 0 fully saturated rings. The lowest BCUT2D eigenvalue weighted by Crippen LogP contribution is -2.42. The van der Waals surface area contributed by atoms with Crippen LogP contribution in [0, 0.1) is 5.92 Å². The van der Waals surface area contributed by atoms with Crippen molar-refractivity contribution in [2.75, 3.05) is 19.7 Å². The zero-order chi connectivity index (χ0) is 13.9. The van der Waals surface area contributed by atoms with Gasteiger partial charge in [0.1, 0.15) is 5.75 Å². The minimum absolute atomic E-state index is 0.520. The first-order chi connectivity index (χ1) is 9.22. The first kappa shape index (κ1) is 15.3. The molecule has 0 unspecified atom stereocenters. The van der Waals surface area contributed by atoms with Crippen LogP contribution >= 0.6 is 0 Å². The molecule has 1 aromatic carbocycles. The van der Waals surface area contributed by atoms with E-state index in [1.54, 1.807) is 0 Å². The summed E-state index contributed by atoms with van der Waals surface area (Å²) in [6.07, 6.45) is 0.886. The maximum absolute atomic E-state index is 5.59. The summed E-state index contributed by atoms with van der Waals surface area (Å²) in [7, 11) is 0. The van der Waals surface area contributed by atoms with Crippen molar-refractivity contribution in [2.45, 2.75) is 20.3 Å². The Morgan fingerprint density at radius 1 is 1.32 bits per heavy atom. The van der Waals surface area contributed by atoms with E-state index in [-0.39, 0.29) is 0 Å². The number of hydrogen-bond donors (Lipinski definition) is 3. The fourth-order valence-corrected chi connectivity index (χ4v) is 1.41. The summed E-state index contributed by atoms with van der Waals surface area (Å²) in [5.41, 5.74) is 2.56. The molecule has 0 saturated heterocycles. The van der Waals surface area contributed by atoms with Crippen LogP contribution in [0.5, 0.6) is 5.75 Å². The van der Waals surface area contributed by atoms with Crippen LogP contribution in [-0.2, 0) is 0 Å². The zero-order valence-corrected chi connectivity index (χ0v) is 11.7. The smallest absolute Gasteiger partial charge is 0.205 e. The summed E-state index contributed by atoms with van der Waals surface area (Å²) < 4.78 is 5.59. The molecule has 0 aromatic heterocycles. The number of benzene rings is 1. The molecule has 1 aromatic rings. The predicted octanol–water partition coefficient (Wildman–Crippen LogP) is 1.52. The monoisotopic (exact) mass is 264 g/mol. The SMILES string of the molecule is CC(C)CN=C(NN)NCCCOc1ccccc1. The number of nitrogens with zero attached hydrogens (tertiary/aromatic N) is 1. The van der Waals surface area contributed by atoms with Crippen molar-refractivity contribution in [3.05, 3.63) is 30.3 Å². The van der Waals surface area contributed by atoms with Crippen molar-refractivity contribution in [2.24, 2.45) is 16.8 Å². The van der Waals surface area contributed by atoms with Crippen LogP contribution in [0.1, 0.15) is 20.3 Å². The van der Waals surface area contributed by atoms with Gasteiger partial charge in [-0.3, -0.25) is 10.4 Å². The average molecular weight is 264 g/mol. The van der Waals surface area contributed by atoms with E-state index in [0.29, 0.717) is 18.5 Å². The molecular formula is C14H24N4O. The number of hydrazine groups is 1. The lowest BCUT2D eigenvalue weighted by atomic mass is 10.2. The molecule has 0 aliphatic heterocycles. The Balaban J connectivity index is 2.14. The Morgan fingerprint density at radius 3 is 2.68 bits per heavy atom. The molecule has 0 heterocycles. The third kappa shape index (κ3) is 7.31. The highest BCUT2D eigenvalue weighted by molar-refractivity contribution is 5.79. The normalized spacial score (nSPS) is 11.5. The number of nitrogens with one attached hydrogen (secondary N) is 2. The van der Waals surface area contributed by atoms with Gasteiger partial charge in [0.15, 0.2) is 0 Å². The van der Waals surface area contributed by atoms with Crippen LogP contribution in [0.3, 0.4) is 0 Å². The molecule has 0 aliphatic rings. The predicted molar refractivity (Wildman–Crippen MR) is 79.0 cm³/mol. The molecule has 106 valence electrons. The molecule has 0 bridgehead atoms. The van der Waals surface area contributed by atoms with Gasteiger partial charge in [-0.15, -0.1) is 0 Å². The standard InChI is InChI=1S/C14H24N4O/c1-12(2)11-17-14(18-15)16-9-6-10-19-13-7-4-3-5-8-13/h3-5,7-8,12H,6,9-11,15H2,1-2H3,(H2,16,17,18). The Kier molecular flexibility index (Phi) is 7.43. The van der Waals surface area contributed by atoms with Crippen LogP contribution in [-0.4, -0.2) is 25.7 Å². The molecule has 0 radical (unpaired) electrons. The average Bonchev–Trinajstić information content (AvgIpc) is 2.42. The van der Waals surface area contributed by atoms with E-state index in [1.807, 2.05) is 30.3 Å². The van der Waals surface area contributed by atoms with Crippen LogP contribution in [0.15, 0.2) is 35.3 Å². The zero-order valence-electron chi connectivity index (χ0n) is 11.7. The maximum atomic E-state index is 5.59. The summed E-state index contributed by atoms with van der Waals surface area (Å²) in [6.45, 7) is 6.43. The van der Waals surface area contributed by atoms with E-state index in [9.17, 15) is 0 Å². The summed E-state index contributed by atoms with van der Waals surface area (Å²) in [6, 6.07) is 9.79. The van der Waals surface area contributed by atoms with Gasteiger partial charge in [0.2, 0.25) is 5.96 Å². The largest absolute Gasteiger partial charge is 0.494 e. The molecule has 5 heteroatoms. The molecule has 0 atom stereocenters. The van der Waals surface area contributed by atoms with Crippen molar-refractivity contribution >= 4 is 5.96 Å². The first-order valence-electron chi connectivity index (χ1n) is 6.65. The highest BCUT2D eigenvalue weighted by atomic mass is 16.5. The van der Waals surface area contributed by atoms with E-state index in [1.165, 1.54) is 0 Å². The van der Waals surface area contributed by atoms with Crippen molar-refractivity contribution in [3.8, 4) is 5.75 Å². The number of rotatable bonds is 7. The van der Waals surface area contributed by atoms with Crippen LogP contribution < -0.4 is 21.3 Å². The summed E-state index contributed by atoms with van der Waals surface area (Å²) in [5, 5.41) is 3.14. The third-order valence-electron chi connectivity index (χ3n) is 2.38. The number of ether oxygens (including phenoxy) is 1. The topological polar surface area (TPSA) is 71.7 Å². The van der Waals surface area contributed by atoms with Gasteiger partial charge in [0.25, 0.3) is 0 Å². The molecule has 0 aliphatic carbocycles. The number of para-hydroxylation sites is 1. The van der Waals surface area contributed by atoms with Crippen molar-refractivity contribution < 1.29 is 4.74 Å². The van der Waals surface area contributed by atoms with Crippen LogP contribution in [0.2, 0.25) is 0 Å². The number of aliphatic imine (C=N–C) groups is 1. The summed E-state index contributed by atoms with van der Waals surface area (Å²) >= 11 is 0. The molecule has 1 rings (SSSR count). The second kappa shape index (κ2) is 9.22. The molecule has 0 saturated carbocycles. The van der Waals surface area contributed by atoms with E-state index in [0.717, 1.165) is 25.3 Å². The minimum atomic E-state index is 0.520. The number of hydrogen-bond acceptors (Lipinski definition) is 3. The quantitative estimate of drug-likeness (QED) is 0.229. The summed E-state index contributed by atoms with van der Waals surface area (Å²) in [5.74, 6) is 7.44. The van der Waals surface area contributed by atoms with Crippen molar-refractivity contribution in [3.63, 3.8) is 0 Å². The minimum Gasteiger partial charge on any atom is -0.494 e. The first-order valence-corrected chi connectivity index (χ1v) is 6.65.